The fourth-order valence-electron chi connectivity index (χ4n) is 2.67. The normalized spacial score (nSPS) is 11.7. The molecule has 4 heterocycles. The summed E-state index contributed by atoms with van der Waals surface area (Å²) in [5.74, 6) is 0. The highest BCUT2D eigenvalue weighted by Crippen LogP contribution is 2.39. The van der Waals surface area contributed by atoms with E-state index in [1.807, 2.05) is 24.3 Å². The number of hydrogen-bond donors (Lipinski definition) is 0. The zero-order chi connectivity index (χ0) is 18.8. The second-order valence-corrected chi connectivity index (χ2v) is 6.87. The van der Waals surface area contributed by atoms with Gasteiger partial charge in [-0.3, -0.25) is 9.98 Å². The molecule has 4 aromatic heterocycles. The lowest BCUT2D eigenvalue weighted by molar-refractivity contribution is 0.615. The molecule has 4 rings (SSSR count). The molecular formula is C20H13ClN4OS. The van der Waals surface area contributed by atoms with Gasteiger partial charge in [-0.25, -0.2) is 9.97 Å². The fourth-order valence-corrected chi connectivity index (χ4v) is 3.92. The molecule has 27 heavy (non-hydrogen) atoms. The van der Waals surface area contributed by atoms with Crippen molar-refractivity contribution in [2.24, 2.45) is 4.99 Å². The minimum atomic E-state index is 0.379. The number of nitrogens with zero attached hydrogens (tertiary/aromatic N) is 4. The topological polar surface area (TPSA) is 64.2 Å². The molecule has 0 bridgehead atoms. The molecule has 0 N–H and O–H groups in total. The molecule has 0 aromatic carbocycles. The van der Waals surface area contributed by atoms with E-state index in [9.17, 15) is 0 Å². The van der Waals surface area contributed by atoms with E-state index in [-0.39, 0.29) is 0 Å². The minimum Gasteiger partial charge on any atom is -0.464 e. The van der Waals surface area contributed by atoms with Crippen molar-refractivity contribution < 1.29 is 4.42 Å². The summed E-state index contributed by atoms with van der Waals surface area (Å²) in [5.41, 5.74) is 3.49. The van der Waals surface area contributed by atoms with E-state index in [1.54, 1.807) is 30.8 Å². The van der Waals surface area contributed by atoms with Gasteiger partial charge < -0.3 is 4.42 Å². The highest BCUT2D eigenvalue weighted by molar-refractivity contribution is 7.19. The first-order valence-electron chi connectivity index (χ1n) is 7.96. The van der Waals surface area contributed by atoms with Crippen LogP contribution in [0.1, 0.15) is 5.69 Å². The van der Waals surface area contributed by atoms with Crippen LogP contribution in [0.25, 0.3) is 37.8 Å². The highest BCUT2D eigenvalue weighted by Gasteiger charge is 2.18. The van der Waals surface area contributed by atoms with Crippen molar-refractivity contribution in [3.05, 3.63) is 72.5 Å². The molecule has 7 heteroatoms. The van der Waals surface area contributed by atoms with Gasteiger partial charge in [-0.2, -0.15) is 0 Å². The van der Waals surface area contributed by atoms with Crippen molar-refractivity contribution in [1.82, 2.24) is 15.0 Å². The van der Waals surface area contributed by atoms with Gasteiger partial charge in [0, 0.05) is 29.4 Å². The Labute approximate surface area is 164 Å². The molecule has 0 unspecified atom stereocenters. The van der Waals surface area contributed by atoms with Crippen molar-refractivity contribution in [2.75, 3.05) is 0 Å². The number of pyridine rings is 2. The molecule has 0 saturated carbocycles. The molecule has 0 aliphatic heterocycles. The maximum Gasteiger partial charge on any atom is 0.150 e. The average Bonchev–Trinajstić information content (AvgIpc) is 3.32. The molecule has 0 spiro atoms. The number of aromatic nitrogens is 3. The fraction of sp³-hybridized carbons (Fsp3) is 0. The van der Waals surface area contributed by atoms with Crippen molar-refractivity contribution in [2.45, 2.75) is 0 Å². The molecular weight excluding hydrogens is 380 g/mol. The molecule has 0 saturated heterocycles. The van der Waals surface area contributed by atoms with Crippen LogP contribution in [0.3, 0.4) is 0 Å². The van der Waals surface area contributed by atoms with E-state index >= 15 is 0 Å². The van der Waals surface area contributed by atoms with E-state index in [0.717, 1.165) is 20.8 Å². The molecule has 0 aliphatic rings. The molecule has 0 fully saturated rings. The van der Waals surface area contributed by atoms with Gasteiger partial charge in [0.25, 0.3) is 0 Å². The van der Waals surface area contributed by atoms with Crippen molar-refractivity contribution >= 4 is 46.3 Å². The Kier molecular flexibility index (Phi) is 4.66. The predicted octanol–water partition coefficient (Wildman–Crippen LogP) is 5.89. The van der Waals surface area contributed by atoms with E-state index in [1.165, 1.54) is 11.3 Å². The first kappa shape index (κ1) is 17.3. The lowest BCUT2D eigenvalue weighted by atomic mass is 10.1. The standard InChI is InChI=1S/C20H13ClN4OS/c1-3-5-14(22-2)17-13-7-9-26-16(13)10-15(24-17)18-19(21)25-20(27-18)12-6-4-8-23-11-12/h3-11H,1-2H2/b14-5-. The van der Waals surface area contributed by atoms with E-state index < -0.39 is 0 Å². The molecule has 0 atom stereocenters. The summed E-state index contributed by atoms with van der Waals surface area (Å²) in [6.45, 7) is 7.35. The van der Waals surface area contributed by atoms with Crippen molar-refractivity contribution in [1.29, 1.82) is 0 Å². The van der Waals surface area contributed by atoms with Crippen LogP contribution in [0, 0.1) is 0 Å². The Morgan fingerprint density at radius 3 is 2.93 bits per heavy atom. The van der Waals surface area contributed by atoms with E-state index in [2.05, 4.69) is 28.3 Å². The van der Waals surface area contributed by atoms with Gasteiger partial charge >= 0.3 is 0 Å². The number of thiazole rings is 1. The third-order valence-corrected chi connectivity index (χ3v) is 5.38. The van der Waals surface area contributed by atoms with Crippen molar-refractivity contribution in [3.63, 3.8) is 0 Å². The maximum atomic E-state index is 6.42. The van der Waals surface area contributed by atoms with Crippen LogP contribution in [-0.4, -0.2) is 21.7 Å². The van der Waals surface area contributed by atoms with Gasteiger partial charge in [-0.1, -0.05) is 24.3 Å². The number of fused-ring (bicyclic) bond motifs is 1. The summed E-state index contributed by atoms with van der Waals surface area (Å²) in [6, 6.07) is 7.49. The average molecular weight is 393 g/mol. The summed E-state index contributed by atoms with van der Waals surface area (Å²) in [6.07, 6.45) is 8.48. The predicted molar refractivity (Wildman–Crippen MR) is 111 cm³/mol. The molecule has 132 valence electrons. The minimum absolute atomic E-state index is 0.379. The Hall–Kier alpha value is -3.09. The monoisotopic (exact) mass is 392 g/mol. The lowest BCUT2D eigenvalue weighted by Crippen LogP contribution is -1.91. The quantitative estimate of drug-likeness (QED) is 0.313. The van der Waals surface area contributed by atoms with Crippen LogP contribution in [-0.2, 0) is 0 Å². The van der Waals surface area contributed by atoms with Crippen LogP contribution >= 0.6 is 22.9 Å². The third-order valence-electron chi connectivity index (χ3n) is 3.87. The smallest absolute Gasteiger partial charge is 0.150 e. The molecule has 0 amide bonds. The molecule has 4 aromatic rings. The van der Waals surface area contributed by atoms with Gasteiger partial charge in [-0.15, -0.1) is 11.3 Å². The Balaban J connectivity index is 1.90. The largest absolute Gasteiger partial charge is 0.464 e. The number of rotatable bonds is 5. The van der Waals surface area contributed by atoms with Crippen LogP contribution in [0.5, 0.6) is 0 Å². The second-order valence-electron chi connectivity index (χ2n) is 5.51. The van der Waals surface area contributed by atoms with Crippen LogP contribution < -0.4 is 0 Å². The van der Waals surface area contributed by atoms with Crippen LogP contribution in [0.2, 0.25) is 5.15 Å². The summed E-state index contributed by atoms with van der Waals surface area (Å²) in [5, 5.41) is 1.99. The van der Waals surface area contributed by atoms with Gasteiger partial charge in [0.05, 0.1) is 22.5 Å². The second kappa shape index (κ2) is 7.26. The summed E-state index contributed by atoms with van der Waals surface area (Å²) >= 11 is 7.87. The first-order chi connectivity index (χ1) is 13.2. The molecule has 0 radical (unpaired) electrons. The molecule has 0 aliphatic carbocycles. The summed E-state index contributed by atoms with van der Waals surface area (Å²) in [7, 11) is 0. The number of aliphatic imine (C=N–C) groups is 1. The Bertz CT molecular complexity index is 1180. The molecule has 5 nitrogen and oxygen atoms in total. The number of halogens is 1. The van der Waals surface area contributed by atoms with Crippen molar-refractivity contribution in [3.8, 4) is 21.1 Å². The Morgan fingerprint density at radius 2 is 2.19 bits per heavy atom. The number of hydrogen-bond acceptors (Lipinski definition) is 6. The van der Waals surface area contributed by atoms with Gasteiger partial charge in [-0.05, 0) is 31.0 Å². The van der Waals surface area contributed by atoms with E-state index in [4.69, 9.17) is 21.0 Å². The van der Waals surface area contributed by atoms with Crippen LogP contribution in [0.4, 0.5) is 0 Å². The first-order valence-corrected chi connectivity index (χ1v) is 9.16. The van der Waals surface area contributed by atoms with Gasteiger partial charge in [0.1, 0.15) is 21.4 Å². The highest BCUT2D eigenvalue weighted by atomic mass is 35.5. The zero-order valence-electron chi connectivity index (χ0n) is 14.1. The van der Waals surface area contributed by atoms with Crippen LogP contribution in [0.15, 0.2) is 71.1 Å². The summed E-state index contributed by atoms with van der Waals surface area (Å²) < 4.78 is 5.60. The van der Waals surface area contributed by atoms with E-state index in [0.29, 0.717) is 27.8 Å². The zero-order valence-corrected chi connectivity index (χ0v) is 15.7. The number of allylic oxidation sites excluding steroid dienone is 2. The Morgan fingerprint density at radius 1 is 1.30 bits per heavy atom. The number of furan rings is 1. The summed E-state index contributed by atoms with van der Waals surface area (Å²) in [4.78, 5) is 18.2. The SMILES string of the molecule is C=C/C=C(\N=C)c1nc(-c2sc(-c3cccnc3)nc2Cl)cc2occc12. The third kappa shape index (κ3) is 3.20. The maximum absolute atomic E-state index is 6.42. The van der Waals surface area contributed by atoms with Gasteiger partial charge in [0.15, 0.2) is 0 Å². The van der Waals surface area contributed by atoms with Gasteiger partial charge in [0.2, 0.25) is 0 Å². The lowest BCUT2D eigenvalue weighted by Gasteiger charge is -2.05.